The zero-order valence-electron chi connectivity index (χ0n) is 7.00. The second-order valence-corrected chi connectivity index (χ2v) is 3.46. The average molecular weight is 140 g/mol. The van der Waals surface area contributed by atoms with Crippen molar-refractivity contribution in [1.82, 2.24) is 0 Å². The molecule has 1 heteroatoms. The highest BCUT2D eigenvalue weighted by atomic mass is 16.5. The molecule has 1 rings (SSSR count). The van der Waals surface area contributed by atoms with Crippen LogP contribution in [0.5, 0.6) is 0 Å². The van der Waals surface area contributed by atoms with Crippen LogP contribution in [-0.2, 0) is 4.74 Å². The van der Waals surface area contributed by atoms with E-state index in [4.69, 9.17) is 4.74 Å². The fourth-order valence-corrected chi connectivity index (χ4v) is 1.21. The van der Waals surface area contributed by atoms with Gasteiger partial charge in [0.15, 0.2) is 0 Å². The molecule has 1 aliphatic rings. The van der Waals surface area contributed by atoms with Crippen LogP contribution in [0.1, 0.15) is 27.2 Å². The molecule has 1 heterocycles. The highest BCUT2D eigenvalue weighted by Gasteiger charge is 2.18. The van der Waals surface area contributed by atoms with E-state index in [1.54, 1.807) is 0 Å². The van der Waals surface area contributed by atoms with Gasteiger partial charge in [-0.2, -0.15) is 0 Å². The molecule has 0 aromatic rings. The summed E-state index contributed by atoms with van der Waals surface area (Å²) in [5, 5.41) is 0. The Morgan fingerprint density at radius 2 is 2.20 bits per heavy atom. The predicted molar refractivity (Wildman–Crippen MR) is 42.6 cm³/mol. The van der Waals surface area contributed by atoms with Crippen LogP contribution in [-0.4, -0.2) is 6.10 Å². The summed E-state index contributed by atoms with van der Waals surface area (Å²) in [4.78, 5) is 0. The molecule has 58 valence electrons. The van der Waals surface area contributed by atoms with Crippen LogP contribution in [0.25, 0.3) is 0 Å². The van der Waals surface area contributed by atoms with E-state index in [0.717, 1.165) is 0 Å². The zero-order chi connectivity index (χ0) is 7.56. The van der Waals surface area contributed by atoms with Gasteiger partial charge in [-0.15, -0.1) is 0 Å². The highest BCUT2D eigenvalue weighted by molar-refractivity contribution is 4.88. The van der Waals surface area contributed by atoms with Gasteiger partial charge in [0.05, 0.1) is 6.26 Å². The van der Waals surface area contributed by atoms with Crippen LogP contribution < -0.4 is 0 Å². The molecule has 0 N–H and O–H groups in total. The van der Waals surface area contributed by atoms with E-state index >= 15 is 0 Å². The summed E-state index contributed by atoms with van der Waals surface area (Å²) < 4.78 is 5.43. The van der Waals surface area contributed by atoms with Gasteiger partial charge in [-0.25, -0.2) is 0 Å². The number of ether oxygens (including phenoxy) is 1. The molecule has 1 aliphatic heterocycles. The summed E-state index contributed by atoms with van der Waals surface area (Å²) >= 11 is 0. The molecule has 0 aromatic carbocycles. The molecule has 2 atom stereocenters. The molecule has 0 spiro atoms. The van der Waals surface area contributed by atoms with Crippen LogP contribution in [0.4, 0.5) is 0 Å². The predicted octanol–water partition coefficient (Wildman–Crippen LogP) is 2.58. The maximum atomic E-state index is 5.43. The van der Waals surface area contributed by atoms with Gasteiger partial charge in [0.2, 0.25) is 0 Å². The zero-order valence-corrected chi connectivity index (χ0v) is 7.00. The van der Waals surface area contributed by atoms with E-state index in [9.17, 15) is 0 Å². The second-order valence-electron chi connectivity index (χ2n) is 3.46. The largest absolute Gasteiger partial charge is 0.498 e. The molecule has 0 radical (unpaired) electrons. The van der Waals surface area contributed by atoms with Crippen molar-refractivity contribution in [2.24, 2.45) is 11.8 Å². The SMILES string of the molecule is CC1C=COC(C(C)C)C1. The van der Waals surface area contributed by atoms with E-state index in [1.807, 2.05) is 6.26 Å². The third-order valence-corrected chi connectivity index (χ3v) is 2.01. The fourth-order valence-electron chi connectivity index (χ4n) is 1.21. The topological polar surface area (TPSA) is 9.23 Å². The van der Waals surface area contributed by atoms with Gasteiger partial charge in [-0.05, 0) is 24.3 Å². The van der Waals surface area contributed by atoms with Gasteiger partial charge < -0.3 is 4.74 Å². The first-order valence-corrected chi connectivity index (χ1v) is 4.02. The lowest BCUT2D eigenvalue weighted by atomic mass is 9.95. The van der Waals surface area contributed by atoms with Gasteiger partial charge in [-0.3, -0.25) is 0 Å². The van der Waals surface area contributed by atoms with E-state index in [0.29, 0.717) is 17.9 Å². The van der Waals surface area contributed by atoms with Gasteiger partial charge in [0.25, 0.3) is 0 Å². The summed E-state index contributed by atoms with van der Waals surface area (Å²) in [6.45, 7) is 6.64. The number of allylic oxidation sites excluding steroid dienone is 1. The Morgan fingerprint density at radius 1 is 1.50 bits per heavy atom. The monoisotopic (exact) mass is 140 g/mol. The third kappa shape index (κ3) is 1.76. The van der Waals surface area contributed by atoms with Crippen molar-refractivity contribution in [3.63, 3.8) is 0 Å². The molecule has 1 nitrogen and oxygen atoms in total. The van der Waals surface area contributed by atoms with Gasteiger partial charge >= 0.3 is 0 Å². The molecule has 2 unspecified atom stereocenters. The van der Waals surface area contributed by atoms with Crippen LogP contribution >= 0.6 is 0 Å². The summed E-state index contributed by atoms with van der Waals surface area (Å²) in [6, 6.07) is 0. The normalized spacial score (nSPS) is 32.4. The van der Waals surface area contributed by atoms with Crippen molar-refractivity contribution in [1.29, 1.82) is 0 Å². The first-order valence-electron chi connectivity index (χ1n) is 4.02. The van der Waals surface area contributed by atoms with Gasteiger partial charge in [0, 0.05) is 0 Å². The van der Waals surface area contributed by atoms with E-state index in [2.05, 4.69) is 26.8 Å². The minimum atomic E-state index is 0.444. The number of hydrogen-bond donors (Lipinski definition) is 0. The van der Waals surface area contributed by atoms with Crippen molar-refractivity contribution in [3.05, 3.63) is 12.3 Å². The second kappa shape index (κ2) is 3.09. The van der Waals surface area contributed by atoms with E-state index in [1.165, 1.54) is 6.42 Å². The molecule has 10 heavy (non-hydrogen) atoms. The van der Waals surface area contributed by atoms with E-state index < -0.39 is 0 Å². The quantitative estimate of drug-likeness (QED) is 0.544. The van der Waals surface area contributed by atoms with E-state index in [-0.39, 0.29) is 0 Å². The molecule has 0 saturated carbocycles. The lowest BCUT2D eigenvalue weighted by Gasteiger charge is -2.26. The Morgan fingerprint density at radius 3 is 2.60 bits per heavy atom. The van der Waals surface area contributed by atoms with Crippen LogP contribution in [0, 0.1) is 11.8 Å². The average Bonchev–Trinajstić information content (AvgIpc) is 1.88. The lowest BCUT2D eigenvalue weighted by molar-refractivity contribution is 0.0697. The highest BCUT2D eigenvalue weighted by Crippen LogP contribution is 2.21. The molecular weight excluding hydrogens is 124 g/mol. The Balaban J connectivity index is 2.44. The lowest BCUT2D eigenvalue weighted by Crippen LogP contribution is -2.22. The molecule has 0 amide bonds. The first-order chi connectivity index (χ1) is 4.70. The van der Waals surface area contributed by atoms with Crippen molar-refractivity contribution in [3.8, 4) is 0 Å². The van der Waals surface area contributed by atoms with Crippen LogP contribution in [0.2, 0.25) is 0 Å². The smallest absolute Gasteiger partial charge is 0.101 e. The van der Waals surface area contributed by atoms with Gasteiger partial charge in [0.1, 0.15) is 6.10 Å². The first kappa shape index (κ1) is 7.64. The maximum absolute atomic E-state index is 5.43. The Labute approximate surface area is 63.1 Å². The maximum Gasteiger partial charge on any atom is 0.101 e. The minimum Gasteiger partial charge on any atom is -0.498 e. The Kier molecular flexibility index (Phi) is 2.36. The van der Waals surface area contributed by atoms with Crippen molar-refractivity contribution < 1.29 is 4.74 Å². The van der Waals surface area contributed by atoms with Crippen molar-refractivity contribution in [2.75, 3.05) is 0 Å². The molecule has 0 fully saturated rings. The van der Waals surface area contributed by atoms with Crippen molar-refractivity contribution >= 4 is 0 Å². The number of rotatable bonds is 1. The summed E-state index contributed by atoms with van der Waals surface area (Å²) in [5.74, 6) is 1.34. The molecule has 0 bridgehead atoms. The summed E-state index contributed by atoms with van der Waals surface area (Å²) in [7, 11) is 0. The standard InChI is InChI=1S/C9H16O/c1-7(2)9-6-8(3)4-5-10-9/h4-5,7-9H,6H2,1-3H3. The third-order valence-electron chi connectivity index (χ3n) is 2.01. The summed E-state index contributed by atoms with van der Waals surface area (Å²) in [6.07, 6.45) is 5.59. The molecule has 0 aliphatic carbocycles. The van der Waals surface area contributed by atoms with Crippen LogP contribution in [0.3, 0.4) is 0 Å². The van der Waals surface area contributed by atoms with Crippen LogP contribution in [0.15, 0.2) is 12.3 Å². The summed E-state index contributed by atoms with van der Waals surface area (Å²) in [5.41, 5.74) is 0. The molecule has 0 aromatic heterocycles. The molecule has 0 saturated heterocycles. The molecular formula is C9H16O. The fraction of sp³-hybridized carbons (Fsp3) is 0.778. The minimum absolute atomic E-state index is 0.444. The van der Waals surface area contributed by atoms with Crippen molar-refractivity contribution in [2.45, 2.75) is 33.3 Å². The Hall–Kier alpha value is -0.460. The number of hydrogen-bond acceptors (Lipinski definition) is 1. The Bertz CT molecular complexity index is 127. The van der Waals surface area contributed by atoms with Gasteiger partial charge in [-0.1, -0.05) is 20.8 Å².